The van der Waals surface area contributed by atoms with Crippen LogP contribution in [0.4, 0.5) is 0 Å². The van der Waals surface area contributed by atoms with Gasteiger partial charge in [-0.15, -0.1) is 12.4 Å². The molecule has 1 heterocycles. The molecule has 0 bridgehead atoms. The summed E-state index contributed by atoms with van der Waals surface area (Å²) in [4.78, 5) is 11.9. The van der Waals surface area contributed by atoms with E-state index in [9.17, 15) is 4.79 Å². The van der Waals surface area contributed by atoms with Gasteiger partial charge in [0.05, 0.1) is 6.04 Å². The van der Waals surface area contributed by atoms with Crippen LogP contribution in [0.5, 0.6) is 0 Å². The number of hydrogen-bond acceptors (Lipinski definition) is 2. The SMILES string of the molecule is Cl.O=C(NC1CCCCC1)[C@@H]1CCCCN1. The summed E-state index contributed by atoms with van der Waals surface area (Å²) in [6.07, 6.45) is 9.68. The Morgan fingerprint density at radius 2 is 1.69 bits per heavy atom. The molecule has 94 valence electrons. The van der Waals surface area contributed by atoms with Crippen molar-refractivity contribution in [3.63, 3.8) is 0 Å². The lowest BCUT2D eigenvalue weighted by Crippen LogP contribution is -2.49. The molecule has 1 aliphatic heterocycles. The highest BCUT2D eigenvalue weighted by Gasteiger charge is 2.23. The van der Waals surface area contributed by atoms with Crippen molar-refractivity contribution in [3.05, 3.63) is 0 Å². The maximum atomic E-state index is 11.9. The zero-order valence-electron chi connectivity index (χ0n) is 9.84. The minimum absolute atomic E-state index is 0. The zero-order valence-corrected chi connectivity index (χ0v) is 10.7. The number of nitrogens with one attached hydrogen (secondary N) is 2. The van der Waals surface area contributed by atoms with Crippen LogP contribution in [-0.4, -0.2) is 24.5 Å². The van der Waals surface area contributed by atoms with E-state index in [-0.39, 0.29) is 24.4 Å². The van der Waals surface area contributed by atoms with E-state index >= 15 is 0 Å². The average molecular weight is 247 g/mol. The van der Waals surface area contributed by atoms with Gasteiger partial charge >= 0.3 is 0 Å². The summed E-state index contributed by atoms with van der Waals surface area (Å²) in [5.74, 6) is 0.238. The first kappa shape index (κ1) is 13.8. The Bertz CT molecular complexity index is 211. The van der Waals surface area contributed by atoms with Crippen molar-refractivity contribution in [2.24, 2.45) is 0 Å². The highest BCUT2D eigenvalue weighted by atomic mass is 35.5. The van der Waals surface area contributed by atoms with Gasteiger partial charge in [-0.25, -0.2) is 0 Å². The van der Waals surface area contributed by atoms with Crippen molar-refractivity contribution in [2.75, 3.05) is 6.54 Å². The third-order valence-corrected chi connectivity index (χ3v) is 3.58. The van der Waals surface area contributed by atoms with Gasteiger partial charge in [0.2, 0.25) is 5.91 Å². The van der Waals surface area contributed by atoms with E-state index in [4.69, 9.17) is 0 Å². The van der Waals surface area contributed by atoms with Crippen LogP contribution in [0.3, 0.4) is 0 Å². The molecule has 0 unspecified atom stereocenters. The summed E-state index contributed by atoms with van der Waals surface area (Å²) >= 11 is 0. The van der Waals surface area contributed by atoms with E-state index in [1.54, 1.807) is 0 Å². The molecule has 2 aliphatic rings. The summed E-state index contributed by atoms with van der Waals surface area (Å²) in [5, 5.41) is 6.48. The minimum Gasteiger partial charge on any atom is -0.352 e. The van der Waals surface area contributed by atoms with Crippen LogP contribution < -0.4 is 10.6 Å². The number of halogens is 1. The van der Waals surface area contributed by atoms with Crippen molar-refractivity contribution >= 4 is 18.3 Å². The first-order chi connectivity index (χ1) is 7.36. The number of carbonyl (C=O) groups excluding carboxylic acids is 1. The molecular formula is C12H23ClN2O. The summed E-state index contributed by atoms with van der Waals surface area (Å²) in [7, 11) is 0. The van der Waals surface area contributed by atoms with Crippen LogP contribution in [0.15, 0.2) is 0 Å². The molecule has 2 rings (SSSR count). The molecule has 1 amide bonds. The van der Waals surface area contributed by atoms with Gasteiger partial charge < -0.3 is 10.6 Å². The largest absolute Gasteiger partial charge is 0.352 e. The van der Waals surface area contributed by atoms with Crippen molar-refractivity contribution < 1.29 is 4.79 Å². The quantitative estimate of drug-likeness (QED) is 0.783. The van der Waals surface area contributed by atoms with Gasteiger partial charge in [-0.3, -0.25) is 4.79 Å². The van der Waals surface area contributed by atoms with Crippen molar-refractivity contribution in [1.29, 1.82) is 0 Å². The molecule has 2 N–H and O–H groups in total. The van der Waals surface area contributed by atoms with E-state index in [1.165, 1.54) is 44.9 Å². The maximum Gasteiger partial charge on any atom is 0.237 e. The predicted molar refractivity (Wildman–Crippen MR) is 67.9 cm³/mol. The molecule has 4 heteroatoms. The van der Waals surface area contributed by atoms with Gasteiger partial charge in [0.15, 0.2) is 0 Å². The molecule has 0 aromatic heterocycles. The van der Waals surface area contributed by atoms with Crippen molar-refractivity contribution in [2.45, 2.75) is 63.5 Å². The Balaban J connectivity index is 0.00000128. The van der Waals surface area contributed by atoms with Crippen molar-refractivity contribution in [1.82, 2.24) is 10.6 Å². The molecule has 0 aromatic rings. The van der Waals surface area contributed by atoms with Crippen LogP contribution in [0.2, 0.25) is 0 Å². The number of carbonyl (C=O) groups is 1. The van der Waals surface area contributed by atoms with Crippen molar-refractivity contribution in [3.8, 4) is 0 Å². The van der Waals surface area contributed by atoms with Gasteiger partial charge in [-0.05, 0) is 32.2 Å². The van der Waals surface area contributed by atoms with Gasteiger partial charge in [-0.1, -0.05) is 25.7 Å². The Hall–Kier alpha value is -0.280. The monoisotopic (exact) mass is 246 g/mol. The van der Waals surface area contributed by atoms with Gasteiger partial charge in [-0.2, -0.15) is 0 Å². The molecule has 16 heavy (non-hydrogen) atoms. The highest BCUT2D eigenvalue weighted by Crippen LogP contribution is 2.18. The molecule has 1 saturated heterocycles. The second kappa shape index (κ2) is 7.13. The lowest BCUT2D eigenvalue weighted by molar-refractivity contribution is -0.124. The lowest BCUT2D eigenvalue weighted by Gasteiger charge is -2.27. The summed E-state index contributed by atoms with van der Waals surface area (Å²) < 4.78 is 0. The normalized spacial score (nSPS) is 26.9. The first-order valence-electron chi connectivity index (χ1n) is 6.40. The molecular weight excluding hydrogens is 224 g/mol. The number of piperidine rings is 1. The average Bonchev–Trinajstić information content (AvgIpc) is 2.31. The molecule has 3 nitrogen and oxygen atoms in total. The van der Waals surface area contributed by atoms with E-state index in [0.29, 0.717) is 6.04 Å². The first-order valence-corrected chi connectivity index (χ1v) is 6.40. The van der Waals surface area contributed by atoms with Crippen LogP contribution >= 0.6 is 12.4 Å². The fraction of sp³-hybridized carbons (Fsp3) is 0.917. The molecule has 2 fully saturated rings. The standard InChI is InChI=1S/C12H22N2O.ClH/c15-12(11-8-4-5-9-13-11)14-10-6-2-1-3-7-10;/h10-11,13H,1-9H2,(H,14,15);1H/t11-;/m0./s1. The number of hydrogen-bond donors (Lipinski definition) is 2. The molecule has 0 aromatic carbocycles. The van der Waals surface area contributed by atoms with Crippen LogP contribution in [-0.2, 0) is 4.79 Å². The molecule has 1 atom stereocenters. The topological polar surface area (TPSA) is 41.1 Å². The summed E-state index contributed by atoms with van der Waals surface area (Å²) in [5.41, 5.74) is 0. The number of amides is 1. The molecule has 0 radical (unpaired) electrons. The molecule has 1 saturated carbocycles. The fourth-order valence-electron chi connectivity index (χ4n) is 2.62. The van der Waals surface area contributed by atoms with E-state index in [0.717, 1.165) is 13.0 Å². The molecule has 0 spiro atoms. The maximum absolute atomic E-state index is 11.9. The number of rotatable bonds is 2. The predicted octanol–water partition coefficient (Wildman–Crippen LogP) is 2.00. The Morgan fingerprint density at radius 3 is 2.31 bits per heavy atom. The Labute approximate surface area is 104 Å². The second-order valence-corrected chi connectivity index (χ2v) is 4.85. The third kappa shape index (κ3) is 3.95. The minimum atomic E-state index is 0. The lowest BCUT2D eigenvalue weighted by atomic mass is 9.95. The Kier molecular flexibility index (Phi) is 6.14. The van der Waals surface area contributed by atoms with Gasteiger partial charge in [0, 0.05) is 6.04 Å². The summed E-state index contributed by atoms with van der Waals surface area (Å²) in [6.45, 7) is 1.00. The van der Waals surface area contributed by atoms with E-state index in [2.05, 4.69) is 10.6 Å². The smallest absolute Gasteiger partial charge is 0.237 e. The van der Waals surface area contributed by atoms with E-state index < -0.39 is 0 Å². The third-order valence-electron chi connectivity index (χ3n) is 3.58. The fourth-order valence-corrected chi connectivity index (χ4v) is 2.62. The van der Waals surface area contributed by atoms with E-state index in [1.807, 2.05) is 0 Å². The summed E-state index contributed by atoms with van der Waals surface area (Å²) in [6, 6.07) is 0.538. The van der Waals surface area contributed by atoms with Crippen LogP contribution in [0.1, 0.15) is 51.4 Å². The van der Waals surface area contributed by atoms with Gasteiger partial charge in [0.25, 0.3) is 0 Å². The highest BCUT2D eigenvalue weighted by molar-refractivity contribution is 5.85. The zero-order chi connectivity index (χ0) is 10.5. The van der Waals surface area contributed by atoms with Crippen LogP contribution in [0.25, 0.3) is 0 Å². The molecule has 1 aliphatic carbocycles. The van der Waals surface area contributed by atoms with Crippen LogP contribution in [0, 0.1) is 0 Å². The van der Waals surface area contributed by atoms with Gasteiger partial charge in [0.1, 0.15) is 0 Å². The second-order valence-electron chi connectivity index (χ2n) is 4.85. The Morgan fingerprint density at radius 1 is 1.00 bits per heavy atom.